The Morgan fingerprint density at radius 2 is 2.10 bits per heavy atom. The molecule has 5 heteroatoms. The first-order valence-corrected chi connectivity index (χ1v) is 6.79. The molecule has 0 fully saturated rings. The summed E-state index contributed by atoms with van der Waals surface area (Å²) >= 11 is 5.59. The first-order chi connectivity index (χ1) is 9.63. The molecule has 0 radical (unpaired) electrons. The van der Waals surface area contributed by atoms with Crippen LogP contribution >= 0.6 is 11.6 Å². The Bertz CT molecular complexity index is 576. The van der Waals surface area contributed by atoms with Crippen molar-refractivity contribution >= 4 is 11.6 Å². The molecule has 0 aliphatic carbocycles. The first kappa shape index (κ1) is 14.9. The molecule has 2 rings (SSSR count). The van der Waals surface area contributed by atoms with Gasteiger partial charge in [0, 0.05) is 18.0 Å². The largest absolute Gasteiger partial charge is 0.306 e. The van der Waals surface area contributed by atoms with E-state index in [0.29, 0.717) is 6.54 Å². The van der Waals surface area contributed by atoms with Crippen LogP contribution in [-0.2, 0) is 0 Å². The summed E-state index contributed by atoms with van der Waals surface area (Å²) in [5, 5.41) is 2.98. The van der Waals surface area contributed by atoms with E-state index in [9.17, 15) is 8.78 Å². The van der Waals surface area contributed by atoms with Crippen LogP contribution in [0.3, 0.4) is 0 Å². The Kier molecular flexibility index (Phi) is 5.04. The molecule has 0 amide bonds. The lowest BCUT2D eigenvalue weighted by atomic mass is 9.99. The second-order valence-corrected chi connectivity index (χ2v) is 4.87. The summed E-state index contributed by atoms with van der Waals surface area (Å²) in [7, 11) is 0. The third-order valence-electron chi connectivity index (χ3n) is 2.97. The van der Waals surface area contributed by atoms with E-state index in [2.05, 4.69) is 10.3 Å². The Morgan fingerprint density at radius 3 is 2.75 bits per heavy atom. The van der Waals surface area contributed by atoms with Crippen molar-refractivity contribution in [1.29, 1.82) is 0 Å². The molecule has 0 spiro atoms. The van der Waals surface area contributed by atoms with Crippen LogP contribution in [0.15, 0.2) is 36.7 Å². The summed E-state index contributed by atoms with van der Waals surface area (Å²) in [6.07, 6.45) is 4.16. The summed E-state index contributed by atoms with van der Waals surface area (Å²) in [6, 6.07) is 5.28. The van der Waals surface area contributed by atoms with Crippen LogP contribution < -0.4 is 5.32 Å². The number of hydrogen-bond donors (Lipinski definition) is 1. The molecular formula is C15H15ClF2N2. The van der Waals surface area contributed by atoms with Crippen molar-refractivity contribution in [2.45, 2.75) is 19.4 Å². The highest BCUT2D eigenvalue weighted by Gasteiger charge is 2.19. The van der Waals surface area contributed by atoms with Crippen molar-refractivity contribution in [3.63, 3.8) is 0 Å². The molecule has 0 aliphatic heterocycles. The lowest BCUT2D eigenvalue weighted by Gasteiger charge is -2.20. The van der Waals surface area contributed by atoms with Crippen LogP contribution in [0, 0.1) is 11.6 Å². The summed E-state index contributed by atoms with van der Waals surface area (Å²) in [6.45, 7) is 2.69. The van der Waals surface area contributed by atoms with Gasteiger partial charge in [0.25, 0.3) is 0 Å². The molecule has 0 saturated carbocycles. The number of nitrogens with zero attached hydrogens (tertiary/aromatic N) is 1. The Balaban J connectivity index is 2.44. The zero-order valence-corrected chi connectivity index (χ0v) is 11.8. The average molecular weight is 297 g/mol. The predicted molar refractivity (Wildman–Crippen MR) is 75.7 cm³/mol. The molecule has 0 saturated heterocycles. The summed E-state index contributed by atoms with van der Waals surface area (Å²) in [5.41, 5.74) is 1.01. The smallest absolute Gasteiger partial charge is 0.142 e. The van der Waals surface area contributed by atoms with Gasteiger partial charge >= 0.3 is 0 Å². The normalized spacial score (nSPS) is 12.4. The molecule has 20 heavy (non-hydrogen) atoms. The Morgan fingerprint density at radius 1 is 1.30 bits per heavy atom. The third-order valence-corrected chi connectivity index (χ3v) is 3.26. The van der Waals surface area contributed by atoms with E-state index in [0.717, 1.165) is 24.1 Å². The number of benzene rings is 1. The monoisotopic (exact) mass is 296 g/mol. The fourth-order valence-electron chi connectivity index (χ4n) is 2.00. The molecule has 1 unspecified atom stereocenters. The highest BCUT2D eigenvalue weighted by Crippen LogP contribution is 2.28. The standard InChI is InChI=1S/C15H15ClF2N2/c1-2-5-20-15(10-4-3-6-19-9-10)11-7-14(18)12(16)8-13(11)17/h3-4,6-9,15,20H,2,5H2,1H3. The molecular weight excluding hydrogens is 282 g/mol. The summed E-state index contributed by atoms with van der Waals surface area (Å²) < 4.78 is 27.7. The quantitative estimate of drug-likeness (QED) is 0.840. The van der Waals surface area contributed by atoms with Crippen molar-refractivity contribution in [1.82, 2.24) is 10.3 Å². The minimum absolute atomic E-state index is 0.216. The van der Waals surface area contributed by atoms with Gasteiger partial charge in [-0.1, -0.05) is 24.6 Å². The van der Waals surface area contributed by atoms with Crippen molar-refractivity contribution < 1.29 is 8.78 Å². The fraction of sp³-hybridized carbons (Fsp3) is 0.267. The van der Waals surface area contributed by atoms with Crippen LogP contribution in [0.5, 0.6) is 0 Å². The molecule has 1 N–H and O–H groups in total. The zero-order chi connectivity index (χ0) is 14.5. The number of nitrogens with one attached hydrogen (secondary N) is 1. The maximum atomic E-state index is 14.1. The second-order valence-electron chi connectivity index (χ2n) is 4.46. The van der Waals surface area contributed by atoms with Gasteiger partial charge in [0.2, 0.25) is 0 Å². The van der Waals surface area contributed by atoms with E-state index in [1.165, 1.54) is 0 Å². The number of hydrogen-bond acceptors (Lipinski definition) is 2. The molecule has 1 aromatic carbocycles. The Hall–Kier alpha value is -1.52. The van der Waals surface area contributed by atoms with Crippen molar-refractivity contribution in [3.8, 4) is 0 Å². The van der Waals surface area contributed by atoms with E-state index in [-0.39, 0.29) is 10.6 Å². The van der Waals surface area contributed by atoms with E-state index < -0.39 is 17.7 Å². The molecule has 1 atom stereocenters. The maximum absolute atomic E-state index is 14.1. The van der Waals surface area contributed by atoms with E-state index >= 15 is 0 Å². The number of aromatic nitrogens is 1. The van der Waals surface area contributed by atoms with Gasteiger partial charge in [-0.25, -0.2) is 8.78 Å². The topological polar surface area (TPSA) is 24.9 Å². The molecule has 1 aromatic heterocycles. The van der Waals surface area contributed by atoms with E-state index in [1.54, 1.807) is 18.5 Å². The Labute approximate surface area is 121 Å². The minimum Gasteiger partial charge on any atom is -0.306 e. The van der Waals surface area contributed by atoms with Crippen LogP contribution in [0.2, 0.25) is 5.02 Å². The number of rotatable bonds is 5. The van der Waals surface area contributed by atoms with E-state index in [1.807, 2.05) is 13.0 Å². The van der Waals surface area contributed by atoms with Gasteiger partial charge in [-0.2, -0.15) is 0 Å². The first-order valence-electron chi connectivity index (χ1n) is 6.41. The van der Waals surface area contributed by atoms with Crippen molar-refractivity contribution in [3.05, 3.63) is 64.4 Å². The predicted octanol–water partition coefficient (Wildman–Crippen LogP) is 4.10. The van der Waals surface area contributed by atoms with Crippen LogP contribution in [0.25, 0.3) is 0 Å². The fourth-order valence-corrected chi connectivity index (χ4v) is 2.15. The zero-order valence-electron chi connectivity index (χ0n) is 11.0. The SMILES string of the molecule is CCCNC(c1cccnc1)c1cc(F)c(Cl)cc1F. The van der Waals surface area contributed by atoms with Crippen LogP contribution in [-0.4, -0.2) is 11.5 Å². The molecule has 2 nitrogen and oxygen atoms in total. The van der Waals surface area contributed by atoms with Gasteiger partial charge in [0.1, 0.15) is 11.6 Å². The van der Waals surface area contributed by atoms with Gasteiger partial charge < -0.3 is 5.32 Å². The average Bonchev–Trinajstić information content (AvgIpc) is 2.45. The third kappa shape index (κ3) is 3.32. The molecule has 0 aliphatic rings. The van der Waals surface area contributed by atoms with Gasteiger partial charge in [-0.15, -0.1) is 0 Å². The summed E-state index contributed by atoms with van der Waals surface area (Å²) in [5.74, 6) is -1.16. The second kappa shape index (κ2) is 6.77. The lowest BCUT2D eigenvalue weighted by molar-refractivity contribution is 0.534. The summed E-state index contributed by atoms with van der Waals surface area (Å²) in [4.78, 5) is 4.03. The van der Waals surface area contributed by atoms with E-state index in [4.69, 9.17) is 11.6 Å². The van der Waals surface area contributed by atoms with Gasteiger partial charge in [-0.05, 0) is 36.7 Å². The highest BCUT2D eigenvalue weighted by molar-refractivity contribution is 6.30. The highest BCUT2D eigenvalue weighted by atomic mass is 35.5. The van der Waals surface area contributed by atoms with Gasteiger partial charge in [0.15, 0.2) is 0 Å². The lowest BCUT2D eigenvalue weighted by Crippen LogP contribution is -2.24. The molecule has 106 valence electrons. The van der Waals surface area contributed by atoms with Gasteiger partial charge in [-0.3, -0.25) is 4.98 Å². The number of halogens is 3. The maximum Gasteiger partial charge on any atom is 0.142 e. The van der Waals surface area contributed by atoms with Crippen LogP contribution in [0.4, 0.5) is 8.78 Å². The molecule has 2 aromatic rings. The van der Waals surface area contributed by atoms with Crippen LogP contribution in [0.1, 0.15) is 30.5 Å². The van der Waals surface area contributed by atoms with Gasteiger partial charge in [0.05, 0.1) is 11.1 Å². The van der Waals surface area contributed by atoms with Crippen molar-refractivity contribution in [2.24, 2.45) is 0 Å². The molecule has 1 heterocycles. The number of pyridine rings is 1. The minimum atomic E-state index is -0.629. The molecule has 0 bridgehead atoms. The van der Waals surface area contributed by atoms with Crippen molar-refractivity contribution in [2.75, 3.05) is 6.54 Å².